The molecule has 1 N–H and O–H groups in total. The Hall–Kier alpha value is -2.77. The van der Waals surface area contributed by atoms with E-state index in [0.717, 1.165) is 0 Å². The Morgan fingerprint density at radius 2 is 1.88 bits per heavy atom. The summed E-state index contributed by atoms with van der Waals surface area (Å²) in [6.07, 6.45) is -2.46. The van der Waals surface area contributed by atoms with Gasteiger partial charge in [-0.05, 0) is 29.7 Å². The Morgan fingerprint density at radius 3 is 2.47 bits per heavy atom. The summed E-state index contributed by atoms with van der Waals surface area (Å²) >= 11 is 6.34. The molecule has 0 radical (unpaired) electrons. The van der Waals surface area contributed by atoms with Crippen molar-refractivity contribution in [2.24, 2.45) is 5.41 Å². The van der Waals surface area contributed by atoms with E-state index in [-0.39, 0.29) is 5.41 Å². The maximum absolute atomic E-state index is 13.5. The van der Waals surface area contributed by atoms with Crippen LogP contribution in [-0.2, 0) is 14.3 Å². The Morgan fingerprint density at radius 1 is 1.16 bits per heavy atom. The van der Waals surface area contributed by atoms with Gasteiger partial charge in [-0.2, -0.15) is 0 Å². The van der Waals surface area contributed by atoms with Gasteiger partial charge in [0.1, 0.15) is 12.2 Å². The second-order valence-corrected chi connectivity index (χ2v) is 9.31. The number of aliphatic carboxylic acids is 1. The molecule has 32 heavy (non-hydrogen) atoms. The number of fused-ring (bicyclic) bond motifs is 1. The van der Waals surface area contributed by atoms with Crippen molar-refractivity contribution in [3.63, 3.8) is 0 Å². The maximum Gasteiger partial charge on any atom is 0.306 e. The molecule has 0 aliphatic carbocycles. The molecule has 7 nitrogen and oxygen atoms in total. The topological polar surface area (TPSA) is 85.3 Å². The van der Waals surface area contributed by atoms with Crippen molar-refractivity contribution in [2.45, 2.75) is 39.4 Å². The molecule has 1 heterocycles. The fourth-order valence-corrected chi connectivity index (χ4v) is 4.04. The summed E-state index contributed by atoms with van der Waals surface area (Å²) in [5.74, 6) is -0.597. The van der Waals surface area contributed by atoms with Gasteiger partial charge in [0.25, 0.3) is 5.91 Å². The van der Waals surface area contributed by atoms with E-state index in [0.29, 0.717) is 39.9 Å². The van der Waals surface area contributed by atoms with E-state index < -0.39 is 30.5 Å². The summed E-state index contributed by atoms with van der Waals surface area (Å²) in [7, 11) is 3.05. The summed E-state index contributed by atoms with van der Waals surface area (Å²) in [5.41, 5.74) is 1.64. The molecule has 3 rings (SSSR count). The number of benzene rings is 2. The molecule has 172 valence electrons. The maximum atomic E-state index is 13.5. The van der Waals surface area contributed by atoms with Crippen LogP contribution in [0.2, 0.25) is 5.02 Å². The Labute approximate surface area is 192 Å². The minimum atomic E-state index is -1.19. The van der Waals surface area contributed by atoms with Crippen LogP contribution in [0.25, 0.3) is 0 Å². The lowest BCUT2D eigenvalue weighted by atomic mass is 9.94. The zero-order valence-electron chi connectivity index (χ0n) is 18.8. The van der Waals surface area contributed by atoms with E-state index in [9.17, 15) is 14.7 Å². The minimum Gasteiger partial charge on any atom is -0.493 e. The molecule has 2 atom stereocenters. The van der Waals surface area contributed by atoms with Crippen molar-refractivity contribution in [3.05, 3.63) is 52.5 Å². The highest BCUT2D eigenvalue weighted by molar-refractivity contribution is 6.30. The number of hydrogen-bond donors (Lipinski definition) is 1. The van der Waals surface area contributed by atoms with E-state index in [4.69, 9.17) is 25.8 Å². The van der Waals surface area contributed by atoms with Crippen LogP contribution in [0.3, 0.4) is 0 Å². The number of carbonyl (C=O) groups excluding carboxylic acids is 1. The second kappa shape index (κ2) is 9.38. The van der Waals surface area contributed by atoms with Crippen LogP contribution in [0.1, 0.15) is 44.4 Å². The number of rotatable bonds is 6. The standard InChI is InChI=1S/C24H28ClNO6/c1-24(2,3)13-26-17-10-9-14(25)11-16(17)21(32-19(23(26)29)12-20(27)28)15-7-6-8-18(30-4)22(15)31-5/h6-11,19,21H,12-13H2,1-5H3,(H,27,28)/t19?,21-/m1/s1. The van der Waals surface area contributed by atoms with Gasteiger partial charge in [0.05, 0.1) is 20.6 Å². The van der Waals surface area contributed by atoms with Crippen molar-refractivity contribution < 1.29 is 28.9 Å². The molecule has 2 aromatic carbocycles. The van der Waals surface area contributed by atoms with Crippen LogP contribution in [-0.4, -0.2) is 43.9 Å². The Balaban J connectivity index is 2.27. The largest absolute Gasteiger partial charge is 0.493 e. The lowest BCUT2D eigenvalue weighted by molar-refractivity contribution is -0.147. The summed E-state index contributed by atoms with van der Waals surface area (Å²) < 4.78 is 17.3. The van der Waals surface area contributed by atoms with Gasteiger partial charge in [-0.15, -0.1) is 0 Å². The SMILES string of the molecule is COc1cccc([C@H]2OC(CC(=O)O)C(=O)N(CC(C)(C)C)c3ccc(Cl)cc32)c1OC. The van der Waals surface area contributed by atoms with E-state index >= 15 is 0 Å². The smallest absolute Gasteiger partial charge is 0.306 e. The third-order valence-corrected chi connectivity index (χ3v) is 5.35. The molecular weight excluding hydrogens is 434 g/mol. The van der Waals surface area contributed by atoms with Gasteiger partial charge in [0.2, 0.25) is 0 Å². The third kappa shape index (κ3) is 5.00. The molecule has 1 amide bonds. The zero-order valence-corrected chi connectivity index (χ0v) is 19.6. The first-order valence-electron chi connectivity index (χ1n) is 10.2. The Kier molecular flexibility index (Phi) is 7.00. The molecule has 1 aliphatic rings. The highest BCUT2D eigenvalue weighted by atomic mass is 35.5. The average Bonchev–Trinajstić information content (AvgIpc) is 2.82. The monoisotopic (exact) mass is 461 g/mol. The van der Waals surface area contributed by atoms with Gasteiger partial charge in [-0.1, -0.05) is 44.5 Å². The lowest BCUT2D eigenvalue weighted by Gasteiger charge is -2.31. The molecule has 8 heteroatoms. The van der Waals surface area contributed by atoms with E-state index in [1.165, 1.54) is 14.2 Å². The molecular formula is C24H28ClNO6. The van der Waals surface area contributed by atoms with Crippen molar-refractivity contribution in [1.82, 2.24) is 0 Å². The van der Waals surface area contributed by atoms with Gasteiger partial charge in [-0.3, -0.25) is 9.59 Å². The van der Waals surface area contributed by atoms with Gasteiger partial charge >= 0.3 is 5.97 Å². The normalized spacial score (nSPS) is 18.7. The predicted octanol–water partition coefficient (Wildman–Crippen LogP) is 4.70. The van der Waals surface area contributed by atoms with Gasteiger partial charge in [-0.25, -0.2) is 0 Å². The van der Waals surface area contributed by atoms with Gasteiger partial charge in [0.15, 0.2) is 11.5 Å². The van der Waals surface area contributed by atoms with Crippen LogP contribution >= 0.6 is 11.6 Å². The number of carboxylic acid groups (broad SMARTS) is 1. The number of hydrogen-bond acceptors (Lipinski definition) is 5. The fourth-order valence-electron chi connectivity index (χ4n) is 3.86. The number of halogens is 1. The first-order valence-corrected chi connectivity index (χ1v) is 10.6. The molecule has 0 aromatic heterocycles. The lowest BCUT2D eigenvalue weighted by Crippen LogP contribution is -2.44. The number of amides is 1. The fraction of sp³-hybridized carbons (Fsp3) is 0.417. The van der Waals surface area contributed by atoms with Crippen molar-refractivity contribution in [3.8, 4) is 11.5 Å². The number of ether oxygens (including phenoxy) is 3. The molecule has 0 saturated carbocycles. The molecule has 0 bridgehead atoms. The van der Waals surface area contributed by atoms with Crippen molar-refractivity contribution in [1.29, 1.82) is 0 Å². The first-order chi connectivity index (χ1) is 15.1. The molecule has 0 saturated heterocycles. The number of anilines is 1. The van der Waals surface area contributed by atoms with E-state index in [1.807, 2.05) is 20.8 Å². The highest BCUT2D eigenvalue weighted by Crippen LogP contribution is 2.45. The van der Waals surface area contributed by atoms with Crippen LogP contribution in [0.15, 0.2) is 36.4 Å². The Bertz CT molecular complexity index is 1020. The minimum absolute atomic E-state index is 0.242. The van der Waals surface area contributed by atoms with Crippen molar-refractivity contribution >= 4 is 29.2 Å². The van der Waals surface area contributed by atoms with Gasteiger partial charge < -0.3 is 24.2 Å². The number of para-hydroxylation sites is 1. The predicted molar refractivity (Wildman–Crippen MR) is 122 cm³/mol. The zero-order chi connectivity index (χ0) is 23.6. The van der Waals surface area contributed by atoms with Crippen molar-refractivity contribution in [2.75, 3.05) is 25.7 Å². The molecule has 1 unspecified atom stereocenters. The third-order valence-electron chi connectivity index (χ3n) is 5.11. The van der Waals surface area contributed by atoms with Crippen LogP contribution in [0.5, 0.6) is 11.5 Å². The highest BCUT2D eigenvalue weighted by Gasteiger charge is 2.40. The summed E-state index contributed by atoms with van der Waals surface area (Å²) in [4.78, 5) is 26.7. The molecule has 0 fully saturated rings. The van der Waals surface area contributed by atoms with E-state index in [1.54, 1.807) is 41.3 Å². The summed E-state index contributed by atoms with van der Waals surface area (Å²) in [6.45, 7) is 6.41. The molecule has 2 aromatic rings. The first kappa shape index (κ1) is 23.9. The second-order valence-electron chi connectivity index (χ2n) is 8.87. The molecule has 1 aliphatic heterocycles. The number of carbonyl (C=O) groups is 2. The summed E-state index contributed by atoms with van der Waals surface area (Å²) in [6, 6.07) is 10.6. The van der Waals surface area contributed by atoms with Gasteiger partial charge in [0, 0.05) is 28.4 Å². The molecule has 0 spiro atoms. The van der Waals surface area contributed by atoms with E-state index in [2.05, 4.69) is 0 Å². The van der Waals surface area contributed by atoms with Crippen LogP contribution in [0, 0.1) is 5.41 Å². The van der Waals surface area contributed by atoms with Crippen LogP contribution < -0.4 is 14.4 Å². The average molecular weight is 462 g/mol. The number of methoxy groups -OCH3 is 2. The number of nitrogens with zero attached hydrogens (tertiary/aromatic N) is 1. The quantitative estimate of drug-likeness (QED) is 0.671. The number of carboxylic acids is 1. The summed E-state index contributed by atoms with van der Waals surface area (Å²) in [5, 5.41) is 9.95. The van der Waals surface area contributed by atoms with Crippen LogP contribution in [0.4, 0.5) is 5.69 Å².